The van der Waals surface area contributed by atoms with Gasteiger partial charge < -0.3 is 10.6 Å². The maximum atomic E-state index is 5.75. The molecule has 17 heavy (non-hydrogen) atoms. The second-order valence-electron chi connectivity index (χ2n) is 5.27. The number of hydrogen-bond donors (Lipinski definition) is 1. The average Bonchev–Trinajstić information content (AvgIpc) is 2.72. The number of likely N-dealkylation sites (tertiary alicyclic amines) is 1. The third kappa shape index (κ3) is 3.55. The smallest absolute Gasteiger partial charge is 0.00706 e. The van der Waals surface area contributed by atoms with Gasteiger partial charge in [-0.2, -0.15) is 0 Å². The van der Waals surface area contributed by atoms with E-state index in [-0.39, 0.29) is 0 Å². The SMILES string of the molecule is CC1CC(CN)CN1CCCc1ccccc1. The quantitative estimate of drug-likeness (QED) is 0.844. The van der Waals surface area contributed by atoms with Crippen LogP contribution < -0.4 is 5.73 Å². The van der Waals surface area contributed by atoms with E-state index >= 15 is 0 Å². The first-order chi connectivity index (χ1) is 8.29. The van der Waals surface area contributed by atoms with Crippen LogP contribution >= 0.6 is 0 Å². The third-order valence-corrected chi connectivity index (χ3v) is 3.88. The van der Waals surface area contributed by atoms with Crippen molar-refractivity contribution in [1.82, 2.24) is 4.90 Å². The second kappa shape index (κ2) is 6.18. The van der Waals surface area contributed by atoms with E-state index in [1.54, 1.807) is 0 Å². The summed E-state index contributed by atoms with van der Waals surface area (Å²) >= 11 is 0. The summed E-state index contributed by atoms with van der Waals surface area (Å²) in [7, 11) is 0. The van der Waals surface area contributed by atoms with Crippen molar-refractivity contribution in [2.24, 2.45) is 11.7 Å². The molecule has 0 radical (unpaired) electrons. The van der Waals surface area contributed by atoms with Gasteiger partial charge in [-0.05, 0) is 50.8 Å². The molecule has 0 aliphatic carbocycles. The van der Waals surface area contributed by atoms with Gasteiger partial charge in [-0.25, -0.2) is 0 Å². The van der Waals surface area contributed by atoms with Crippen LogP contribution in [0.25, 0.3) is 0 Å². The van der Waals surface area contributed by atoms with E-state index in [0.29, 0.717) is 0 Å². The van der Waals surface area contributed by atoms with Crippen LogP contribution in [0.3, 0.4) is 0 Å². The van der Waals surface area contributed by atoms with Gasteiger partial charge in [0.1, 0.15) is 0 Å². The lowest BCUT2D eigenvalue weighted by atomic mass is 10.1. The van der Waals surface area contributed by atoms with Crippen molar-refractivity contribution in [2.75, 3.05) is 19.6 Å². The van der Waals surface area contributed by atoms with Crippen molar-refractivity contribution in [3.8, 4) is 0 Å². The fourth-order valence-corrected chi connectivity index (χ4v) is 2.83. The fourth-order valence-electron chi connectivity index (χ4n) is 2.83. The number of hydrogen-bond acceptors (Lipinski definition) is 2. The number of rotatable bonds is 5. The van der Waals surface area contributed by atoms with Crippen LogP contribution in [-0.2, 0) is 6.42 Å². The summed E-state index contributed by atoms with van der Waals surface area (Å²) < 4.78 is 0. The first-order valence-corrected chi connectivity index (χ1v) is 6.77. The Balaban J connectivity index is 1.72. The van der Waals surface area contributed by atoms with Gasteiger partial charge in [0.25, 0.3) is 0 Å². The van der Waals surface area contributed by atoms with Gasteiger partial charge in [0.05, 0.1) is 0 Å². The molecule has 2 heteroatoms. The Morgan fingerprint density at radius 2 is 2.06 bits per heavy atom. The van der Waals surface area contributed by atoms with Crippen molar-refractivity contribution in [1.29, 1.82) is 0 Å². The summed E-state index contributed by atoms with van der Waals surface area (Å²) in [5.74, 6) is 0.724. The number of nitrogens with zero attached hydrogens (tertiary/aromatic N) is 1. The average molecular weight is 232 g/mol. The van der Waals surface area contributed by atoms with Gasteiger partial charge in [-0.15, -0.1) is 0 Å². The van der Waals surface area contributed by atoms with Crippen LogP contribution in [-0.4, -0.2) is 30.6 Å². The number of aryl methyl sites for hydroxylation is 1. The minimum absolute atomic E-state index is 0.722. The standard InChI is InChI=1S/C15H24N2/c1-13-10-15(11-16)12-17(13)9-5-8-14-6-3-2-4-7-14/h2-4,6-7,13,15H,5,8-12,16H2,1H3. The van der Waals surface area contributed by atoms with Crippen LogP contribution in [0.2, 0.25) is 0 Å². The highest BCUT2D eigenvalue weighted by Crippen LogP contribution is 2.22. The summed E-state index contributed by atoms with van der Waals surface area (Å²) in [5, 5.41) is 0. The molecule has 2 N–H and O–H groups in total. The molecule has 2 atom stereocenters. The topological polar surface area (TPSA) is 29.3 Å². The zero-order valence-electron chi connectivity index (χ0n) is 10.8. The van der Waals surface area contributed by atoms with Gasteiger partial charge >= 0.3 is 0 Å². The summed E-state index contributed by atoms with van der Waals surface area (Å²) in [4.78, 5) is 2.60. The van der Waals surface area contributed by atoms with E-state index in [9.17, 15) is 0 Å². The van der Waals surface area contributed by atoms with E-state index in [1.807, 2.05) is 0 Å². The Bertz CT molecular complexity index is 323. The number of benzene rings is 1. The molecule has 94 valence electrons. The molecule has 2 nitrogen and oxygen atoms in total. The fraction of sp³-hybridized carbons (Fsp3) is 0.600. The molecule has 1 aliphatic heterocycles. The third-order valence-electron chi connectivity index (χ3n) is 3.88. The van der Waals surface area contributed by atoms with E-state index in [1.165, 1.54) is 37.9 Å². The Labute approximate surface area is 105 Å². The minimum atomic E-state index is 0.722. The first-order valence-electron chi connectivity index (χ1n) is 6.77. The second-order valence-corrected chi connectivity index (χ2v) is 5.27. The molecule has 1 saturated heterocycles. The summed E-state index contributed by atoms with van der Waals surface area (Å²) in [6, 6.07) is 11.5. The molecule has 0 amide bonds. The highest BCUT2D eigenvalue weighted by molar-refractivity contribution is 5.14. The van der Waals surface area contributed by atoms with Crippen molar-refractivity contribution in [3.63, 3.8) is 0 Å². The summed E-state index contributed by atoms with van der Waals surface area (Å²) in [6.45, 7) is 5.59. The zero-order valence-corrected chi connectivity index (χ0v) is 10.8. The van der Waals surface area contributed by atoms with Crippen LogP contribution in [0.15, 0.2) is 30.3 Å². The van der Waals surface area contributed by atoms with Crippen LogP contribution in [0.5, 0.6) is 0 Å². The van der Waals surface area contributed by atoms with Crippen molar-refractivity contribution in [2.45, 2.75) is 32.2 Å². The lowest BCUT2D eigenvalue weighted by Gasteiger charge is -2.20. The summed E-state index contributed by atoms with van der Waals surface area (Å²) in [6.07, 6.45) is 3.73. The minimum Gasteiger partial charge on any atom is -0.330 e. The normalized spacial score (nSPS) is 25.3. The number of nitrogens with two attached hydrogens (primary N) is 1. The van der Waals surface area contributed by atoms with E-state index < -0.39 is 0 Å². The Kier molecular flexibility index (Phi) is 4.57. The highest BCUT2D eigenvalue weighted by Gasteiger charge is 2.27. The highest BCUT2D eigenvalue weighted by atomic mass is 15.2. The van der Waals surface area contributed by atoms with E-state index in [4.69, 9.17) is 5.73 Å². The molecule has 0 bridgehead atoms. The lowest BCUT2D eigenvalue weighted by molar-refractivity contribution is 0.261. The van der Waals surface area contributed by atoms with Gasteiger partial charge in [-0.3, -0.25) is 0 Å². The Morgan fingerprint density at radius 1 is 1.29 bits per heavy atom. The molecule has 0 aromatic heterocycles. The molecule has 1 aliphatic rings. The predicted molar refractivity (Wildman–Crippen MR) is 73.0 cm³/mol. The summed E-state index contributed by atoms with van der Waals surface area (Å²) in [5.41, 5.74) is 7.20. The molecule has 1 aromatic carbocycles. The van der Waals surface area contributed by atoms with Crippen LogP contribution in [0.4, 0.5) is 0 Å². The van der Waals surface area contributed by atoms with Gasteiger partial charge in [0.15, 0.2) is 0 Å². The zero-order chi connectivity index (χ0) is 12.1. The van der Waals surface area contributed by atoms with Gasteiger partial charge in [0.2, 0.25) is 0 Å². The largest absolute Gasteiger partial charge is 0.330 e. The van der Waals surface area contributed by atoms with Gasteiger partial charge in [-0.1, -0.05) is 30.3 Å². The first kappa shape index (κ1) is 12.6. The molecular formula is C15H24N2. The van der Waals surface area contributed by atoms with E-state index in [2.05, 4.69) is 42.2 Å². The van der Waals surface area contributed by atoms with Crippen molar-refractivity contribution in [3.05, 3.63) is 35.9 Å². The van der Waals surface area contributed by atoms with E-state index in [0.717, 1.165) is 18.5 Å². The maximum absolute atomic E-state index is 5.75. The molecule has 1 aromatic rings. The van der Waals surface area contributed by atoms with Crippen LogP contribution in [0, 0.1) is 5.92 Å². The molecular weight excluding hydrogens is 208 g/mol. The Hall–Kier alpha value is -0.860. The lowest BCUT2D eigenvalue weighted by Crippen LogP contribution is -2.29. The van der Waals surface area contributed by atoms with Crippen molar-refractivity contribution >= 4 is 0 Å². The van der Waals surface area contributed by atoms with Gasteiger partial charge in [0, 0.05) is 12.6 Å². The molecule has 1 heterocycles. The molecule has 0 saturated carbocycles. The molecule has 1 fully saturated rings. The Morgan fingerprint density at radius 3 is 2.71 bits per heavy atom. The molecule has 2 rings (SSSR count). The van der Waals surface area contributed by atoms with Crippen molar-refractivity contribution < 1.29 is 0 Å². The monoisotopic (exact) mass is 232 g/mol. The molecule has 0 spiro atoms. The molecule has 2 unspecified atom stereocenters. The maximum Gasteiger partial charge on any atom is 0.00706 e. The predicted octanol–water partition coefficient (Wildman–Crippen LogP) is 2.29. The van der Waals surface area contributed by atoms with Crippen LogP contribution in [0.1, 0.15) is 25.3 Å².